The summed E-state index contributed by atoms with van der Waals surface area (Å²) < 4.78 is 5.42. The lowest BCUT2D eigenvalue weighted by Gasteiger charge is -2.22. The molecular formula is C20H28N6O2. The number of ether oxygens (including phenoxy) is 1. The van der Waals surface area contributed by atoms with Gasteiger partial charge in [0.05, 0.1) is 17.3 Å². The molecular weight excluding hydrogens is 356 g/mol. The minimum absolute atomic E-state index is 0.0188. The third kappa shape index (κ3) is 4.88. The van der Waals surface area contributed by atoms with Gasteiger partial charge in [-0.15, -0.1) is 0 Å². The van der Waals surface area contributed by atoms with Gasteiger partial charge < -0.3 is 26.0 Å². The molecule has 1 aromatic rings. The van der Waals surface area contributed by atoms with Gasteiger partial charge in [0.15, 0.2) is 0 Å². The number of hydrogen-bond acceptors (Lipinski definition) is 7. The van der Waals surface area contributed by atoms with E-state index >= 15 is 0 Å². The molecule has 3 aliphatic heterocycles. The van der Waals surface area contributed by atoms with Crippen LogP contribution in [0.3, 0.4) is 0 Å². The second-order valence-corrected chi connectivity index (χ2v) is 7.46. The van der Waals surface area contributed by atoms with Crippen LogP contribution in [0.2, 0.25) is 0 Å². The van der Waals surface area contributed by atoms with Gasteiger partial charge in [-0.05, 0) is 43.9 Å². The van der Waals surface area contributed by atoms with Crippen molar-refractivity contribution in [3.8, 4) is 0 Å². The maximum atomic E-state index is 12.3. The molecule has 28 heavy (non-hydrogen) atoms. The smallest absolute Gasteiger partial charge is 0.229 e. The minimum atomic E-state index is 0.0188. The molecule has 0 aromatic carbocycles. The van der Waals surface area contributed by atoms with Gasteiger partial charge in [-0.25, -0.2) is 9.98 Å². The minimum Gasteiger partial charge on any atom is -0.381 e. The van der Waals surface area contributed by atoms with Crippen molar-refractivity contribution in [3.63, 3.8) is 0 Å². The summed E-state index contributed by atoms with van der Waals surface area (Å²) in [6, 6.07) is 5.94. The normalized spacial score (nSPS) is 22.8. The van der Waals surface area contributed by atoms with Gasteiger partial charge in [-0.1, -0.05) is 6.07 Å². The Bertz CT molecular complexity index is 751. The first-order valence-electron chi connectivity index (χ1n) is 10.1. The molecule has 4 heterocycles. The second-order valence-electron chi connectivity index (χ2n) is 7.46. The number of rotatable bonds is 5. The average Bonchev–Trinajstić information content (AvgIpc) is 3.29. The molecule has 0 unspecified atom stereocenters. The van der Waals surface area contributed by atoms with Crippen molar-refractivity contribution in [2.75, 3.05) is 44.8 Å². The van der Waals surface area contributed by atoms with Crippen molar-refractivity contribution in [1.29, 1.82) is 0 Å². The Morgan fingerprint density at radius 3 is 2.96 bits per heavy atom. The topological polar surface area (TPSA) is 99.7 Å². The molecule has 4 rings (SSSR count). The maximum Gasteiger partial charge on any atom is 0.229 e. The molecule has 1 aromatic heterocycles. The van der Waals surface area contributed by atoms with E-state index in [1.165, 1.54) is 0 Å². The first-order chi connectivity index (χ1) is 13.8. The van der Waals surface area contributed by atoms with E-state index in [1.54, 1.807) is 0 Å². The molecule has 1 amide bonds. The lowest BCUT2D eigenvalue weighted by atomic mass is 10.0. The van der Waals surface area contributed by atoms with Gasteiger partial charge >= 0.3 is 0 Å². The van der Waals surface area contributed by atoms with Crippen LogP contribution in [-0.2, 0) is 9.53 Å². The fourth-order valence-corrected chi connectivity index (χ4v) is 3.67. The number of nitrogens with one attached hydrogen (secondary N) is 4. The molecule has 2 fully saturated rings. The van der Waals surface area contributed by atoms with Crippen molar-refractivity contribution in [1.82, 2.24) is 20.9 Å². The summed E-state index contributed by atoms with van der Waals surface area (Å²) in [7, 11) is 0. The summed E-state index contributed by atoms with van der Waals surface area (Å²) in [5.74, 6) is 2.13. The first kappa shape index (κ1) is 18.9. The van der Waals surface area contributed by atoms with Crippen LogP contribution in [0.25, 0.3) is 5.70 Å². The molecule has 3 aliphatic rings. The van der Waals surface area contributed by atoms with E-state index in [1.807, 2.05) is 24.3 Å². The third-order valence-electron chi connectivity index (χ3n) is 5.42. The molecule has 150 valence electrons. The van der Waals surface area contributed by atoms with Gasteiger partial charge in [-0.2, -0.15) is 0 Å². The largest absolute Gasteiger partial charge is 0.381 e. The van der Waals surface area contributed by atoms with E-state index in [9.17, 15) is 4.79 Å². The number of anilines is 1. The van der Waals surface area contributed by atoms with E-state index in [0.29, 0.717) is 18.4 Å². The number of nitrogens with zero attached hydrogens (tertiary/aromatic N) is 2. The van der Waals surface area contributed by atoms with Crippen LogP contribution in [0.15, 0.2) is 29.3 Å². The highest BCUT2D eigenvalue weighted by molar-refractivity contribution is 6.08. The molecule has 1 atom stereocenters. The van der Waals surface area contributed by atoms with E-state index in [0.717, 1.165) is 69.3 Å². The van der Waals surface area contributed by atoms with E-state index < -0.39 is 0 Å². The molecule has 0 spiro atoms. The quantitative estimate of drug-likeness (QED) is 0.603. The Kier molecular flexibility index (Phi) is 6.18. The van der Waals surface area contributed by atoms with Crippen LogP contribution in [0.4, 0.5) is 5.82 Å². The second kappa shape index (κ2) is 9.16. The number of carbonyl (C=O) groups excluding carboxylic acids is 1. The number of amides is 1. The van der Waals surface area contributed by atoms with Crippen LogP contribution in [0.5, 0.6) is 0 Å². The van der Waals surface area contributed by atoms with Gasteiger partial charge in [-0.3, -0.25) is 4.79 Å². The molecule has 0 bridgehead atoms. The highest BCUT2D eigenvalue weighted by atomic mass is 16.5. The van der Waals surface area contributed by atoms with E-state index in [-0.39, 0.29) is 11.8 Å². The lowest BCUT2D eigenvalue weighted by Crippen LogP contribution is -2.38. The number of aromatic nitrogens is 1. The van der Waals surface area contributed by atoms with Crippen LogP contribution in [0.1, 0.15) is 25.0 Å². The predicted octanol–water partition coefficient (Wildman–Crippen LogP) is 0.946. The van der Waals surface area contributed by atoms with Crippen LogP contribution >= 0.6 is 0 Å². The number of carbonyl (C=O) groups is 1. The summed E-state index contributed by atoms with van der Waals surface area (Å²) in [5.41, 5.74) is 1.70. The van der Waals surface area contributed by atoms with Gasteiger partial charge in [0.2, 0.25) is 5.91 Å². The molecule has 8 heteroatoms. The molecule has 0 aliphatic carbocycles. The van der Waals surface area contributed by atoms with Crippen molar-refractivity contribution in [2.45, 2.75) is 19.3 Å². The molecule has 8 nitrogen and oxygen atoms in total. The summed E-state index contributed by atoms with van der Waals surface area (Å²) in [6.45, 7) is 4.65. The van der Waals surface area contributed by atoms with Crippen LogP contribution < -0.4 is 21.3 Å². The Morgan fingerprint density at radius 2 is 2.14 bits per heavy atom. The molecule has 2 saturated heterocycles. The Balaban J connectivity index is 1.37. The number of aliphatic imine (C=N–C) groups is 1. The number of pyridine rings is 1. The molecule has 0 saturated carbocycles. The maximum absolute atomic E-state index is 12.3. The number of amidine groups is 1. The highest BCUT2D eigenvalue weighted by Gasteiger charge is 2.23. The molecule has 4 N–H and O–H groups in total. The zero-order valence-corrected chi connectivity index (χ0v) is 16.0. The molecule has 0 radical (unpaired) electrons. The Labute approximate surface area is 165 Å². The summed E-state index contributed by atoms with van der Waals surface area (Å²) in [5, 5.41) is 12.8. The third-order valence-corrected chi connectivity index (χ3v) is 5.42. The fourth-order valence-electron chi connectivity index (χ4n) is 3.67. The summed E-state index contributed by atoms with van der Waals surface area (Å²) in [6.07, 6.45) is 4.91. The van der Waals surface area contributed by atoms with Crippen LogP contribution in [-0.4, -0.2) is 56.2 Å². The monoisotopic (exact) mass is 384 g/mol. The number of hydrogen-bond donors (Lipinski definition) is 4. The summed E-state index contributed by atoms with van der Waals surface area (Å²) in [4.78, 5) is 21.4. The van der Waals surface area contributed by atoms with Gasteiger partial charge in [0.1, 0.15) is 18.3 Å². The van der Waals surface area contributed by atoms with E-state index in [2.05, 4.69) is 26.3 Å². The van der Waals surface area contributed by atoms with Gasteiger partial charge in [0.25, 0.3) is 0 Å². The predicted molar refractivity (Wildman–Crippen MR) is 109 cm³/mol. The Morgan fingerprint density at radius 1 is 1.25 bits per heavy atom. The van der Waals surface area contributed by atoms with Crippen molar-refractivity contribution in [3.05, 3.63) is 30.0 Å². The van der Waals surface area contributed by atoms with Crippen molar-refractivity contribution in [2.24, 2.45) is 16.8 Å². The first-order valence-corrected chi connectivity index (χ1v) is 10.1. The Hall–Kier alpha value is -2.45. The standard InChI is InChI=1S/C20H28N6O2/c27-20(15-4-7-21-12-15)26-19-10-17(23-13-24-19)16-2-1-3-18(25-16)22-11-14-5-8-28-9-6-14/h1-3,10,14-15,21,23H,4-9,11-13H2,(H,22,25)(H,24,26,27)/t15-/m1/s1. The van der Waals surface area contributed by atoms with E-state index in [4.69, 9.17) is 9.72 Å². The SMILES string of the molecule is O=C(NC1=NCNC(c2cccc(NCC3CCOCC3)n2)=C1)[C@@H]1CCNC1. The fraction of sp³-hybridized carbons (Fsp3) is 0.550. The summed E-state index contributed by atoms with van der Waals surface area (Å²) >= 11 is 0. The average molecular weight is 384 g/mol. The zero-order chi connectivity index (χ0) is 19.2. The van der Waals surface area contributed by atoms with Crippen LogP contribution in [0, 0.1) is 11.8 Å². The zero-order valence-electron chi connectivity index (χ0n) is 16.0. The lowest BCUT2D eigenvalue weighted by molar-refractivity contribution is -0.122. The highest BCUT2D eigenvalue weighted by Crippen LogP contribution is 2.18. The van der Waals surface area contributed by atoms with Gasteiger partial charge in [0, 0.05) is 32.4 Å². The van der Waals surface area contributed by atoms with Crippen molar-refractivity contribution < 1.29 is 9.53 Å². The van der Waals surface area contributed by atoms with Crippen molar-refractivity contribution >= 4 is 23.3 Å².